The third-order valence-electron chi connectivity index (χ3n) is 4.62. The van der Waals surface area contributed by atoms with Crippen LogP contribution in [0.2, 0.25) is 0 Å². The normalized spacial score (nSPS) is 18.9. The van der Waals surface area contributed by atoms with Crippen LogP contribution in [-0.4, -0.2) is 37.7 Å². The highest BCUT2D eigenvalue weighted by Gasteiger charge is 2.21. The van der Waals surface area contributed by atoms with E-state index in [1.165, 1.54) is 37.9 Å². The van der Waals surface area contributed by atoms with Crippen LogP contribution in [0.15, 0.2) is 24.3 Å². The molecule has 1 aliphatic heterocycles. The SMILES string of the molecule is COc1ccc(CCC(C)N2CCC(CN)CC2)cc1. The zero-order valence-corrected chi connectivity index (χ0v) is 12.8. The van der Waals surface area contributed by atoms with Crippen LogP contribution >= 0.6 is 0 Å². The number of rotatable bonds is 6. The fourth-order valence-corrected chi connectivity index (χ4v) is 2.98. The van der Waals surface area contributed by atoms with Gasteiger partial charge in [-0.3, -0.25) is 0 Å². The molecule has 3 nitrogen and oxygen atoms in total. The fourth-order valence-electron chi connectivity index (χ4n) is 2.98. The molecule has 20 heavy (non-hydrogen) atoms. The second-order valence-electron chi connectivity index (χ2n) is 5.95. The van der Waals surface area contributed by atoms with E-state index < -0.39 is 0 Å². The molecule has 2 N–H and O–H groups in total. The molecule has 2 rings (SSSR count). The molecule has 1 unspecified atom stereocenters. The number of hydrogen-bond donors (Lipinski definition) is 1. The summed E-state index contributed by atoms with van der Waals surface area (Å²) in [6.07, 6.45) is 4.90. The van der Waals surface area contributed by atoms with E-state index in [2.05, 4.69) is 24.0 Å². The molecular weight excluding hydrogens is 248 g/mol. The molecule has 0 spiro atoms. The van der Waals surface area contributed by atoms with Gasteiger partial charge in [-0.05, 0) is 75.9 Å². The molecule has 1 atom stereocenters. The lowest BCUT2D eigenvalue weighted by Gasteiger charge is -2.35. The van der Waals surface area contributed by atoms with E-state index in [9.17, 15) is 0 Å². The highest BCUT2D eigenvalue weighted by molar-refractivity contribution is 5.27. The Hall–Kier alpha value is -1.06. The summed E-state index contributed by atoms with van der Waals surface area (Å²) in [4.78, 5) is 2.62. The van der Waals surface area contributed by atoms with Crippen LogP contribution in [0, 0.1) is 5.92 Å². The van der Waals surface area contributed by atoms with Gasteiger partial charge < -0.3 is 15.4 Å². The van der Waals surface area contributed by atoms with E-state index in [0.717, 1.165) is 24.6 Å². The highest BCUT2D eigenvalue weighted by atomic mass is 16.5. The van der Waals surface area contributed by atoms with Gasteiger partial charge in [0.05, 0.1) is 7.11 Å². The second-order valence-corrected chi connectivity index (χ2v) is 5.95. The van der Waals surface area contributed by atoms with Gasteiger partial charge >= 0.3 is 0 Å². The average molecular weight is 276 g/mol. The number of hydrogen-bond acceptors (Lipinski definition) is 3. The van der Waals surface area contributed by atoms with Crippen molar-refractivity contribution >= 4 is 0 Å². The van der Waals surface area contributed by atoms with Gasteiger partial charge in [-0.2, -0.15) is 0 Å². The van der Waals surface area contributed by atoms with E-state index in [-0.39, 0.29) is 0 Å². The lowest BCUT2D eigenvalue weighted by atomic mass is 9.95. The maximum Gasteiger partial charge on any atom is 0.118 e. The summed E-state index contributed by atoms with van der Waals surface area (Å²) in [6, 6.07) is 9.11. The van der Waals surface area contributed by atoms with Crippen LogP contribution in [0.3, 0.4) is 0 Å². The minimum atomic E-state index is 0.663. The van der Waals surface area contributed by atoms with Crippen molar-refractivity contribution in [3.8, 4) is 5.75 Å². The van der Waals surface area contributed by atoms with Crippen LogP contribution in [0.5, 0.6) is 5.75 Å². The van der Waals surface area contributed by atoms with Crippen molar-refractivity contribution in [2.45, 2.75) is 38.6 Å². The van der Waals surface area contributed by atoms with Crippen LogP contribution in [0.4, 0.5) is 0 Å². The summed E-state index contributed by atoms with van der Waals surface area (Å²) < 4.78 is 5.19. The van der Waals surface area contributed by atoms with Crippen molar-refractivity contribution < 1.29 is 4.74 Å². The number of piperidine rings is 1. The van der Waals surface area contributed by atoms with Gasteiger partial charge in [0, 0.05) is 6.04 Å². The molecule has 112 valence electrons. The molecule has 0 aliphatic carbocycles. The molecule has 1 aliphatic rings. The molecule has 0 amide bonds. The van der Waals surface area contributed by atoms with Crippen molar-refractivity contribution in [3.63, 3.8) is 0 Å². The molecule has 0 radical (unpaired) electrons. The molecule has 1 fully saturated rings. The highest BCUT2D eigenvalue weighted by Crippen LogP contribution is 2.20. The van der Waals surface area contributed by atoms with Gasteiger partial charge in [0.1, 0.15) is 5.75 Å². The molecule has 1 aromatic carbocycles. The zero-order valence-electron chi connectivity index (χ0n) is 12.8. The fraction of sp³-hybridized carbons (Fsp3) is 0.647. The Morgan fingerprint density at radius 2 is 1.90 bits per heavy atom. The van der Waals surface area contributed by atoms with Crippen molar-refractivity contribution in [2.75, 3.05) is 26.7 Å². The number of methoxy groups -OCH3 is 1. The first-order chi connectivity index (χ1) is 9.72. The second kappa shape index (κ2) is 7.65. The molecular formula is C17H28N2O. The number of aryl methyl sites for hydroxylation is 1. The number of benzene rings is 1. The standard InChI is InChI=1S/C17H28N2O/c1-14(19-11-9-16(13-18)10-12-19)3-4-15-5-7-17(20-2)8-6-15/h5-8,14,16H,3-4,9-13,18H2,1-2H3. The van der Waals surface area contributed by atoms with Crippen LogP contribution in [-0.2, 0) is 6.42 Å². The number of likely N-dealkylation sites (tertiary alicyclic amines) is 1. The average Bonchev–Trinajstić information content (AvgIpc) is 2.53. The Morgan fingerprint density at radius 3 is 2.45 bits per heavy atom. The monoisotopic (exact) mass is 276 g/mol. The van der Waals surface area contributed by atoms with Gasteiger partial charge in [0.25, 0.3) is 0 Å². The third-order valence-corrected chi connectivity index (χ3v) is 4.62. The molecule has 1 aromatic rings. The Balaban J connectivity index is 1.75. The van der Waals surface area contributed by atoms with Gasteiger partial charge in [0.2, 0.25) is 0 Å². The van der Waals surface area contributed by atoms with Crippen LogP contribution in [0.25, 0.3) is 0 Å². The maximum atomic E-state index is 5.75. The number of ether oxygens (including phenoxy) is 1. The molecule has 1 saturated heterocycles. The van der Waals surface area contributed by atoms with E-state index in [1.807, 2.05) is 12.1 Å². The zero-order chi connectivity index (χ0) is 14.4. The number of nitrogens with two attached hydrogens (primary N) is 1. The lowest BCUT2D eigenvalue weighted by molar-refractivity contribution is 0.138. The minimum Gasteiger partial charge on any atom is -0.497 e. The Kier molecular flexibility index (Phi) is 5.86. The molecule has 0 aromatic heterocycles. The topological polar surface area (TPSA) is 38.5 Å². The predicted molar refractivity (Wildman–Crippen MR) is 84.1 cm³/mol. The van der Waals surface area contributed by atoms with Gasteiger partial charge in [-0.1, -0.05) is 12.1 Å². The Labute approximate surface area is 123 Å². The smallest absolute Gasteiger partial charge is 0.118 e. The quantitative estimate of drug-likeness (QED) is 0.868. The largest absolute Gasteiger partial charge is 0.497 e. The number of nitrogens with zero attached hydrogens (tertiary/aromatic N) is 1. The predicted octanol–water partition coefficient (Wildman–Crippen LogP) is 2.69. The summed E-state index contributed by atoms with van der Waals surface area (Å²) in [5, 5.41) is 0. The van der Waals surface area contributed by atoms with E-state index >= 15 is 0 Å². The van der Waals surface area contributed by atoms with Crippen molar-refractivity contribution in [2.24, 2.45) is 11.7 Å². The molecule has 0 saturated carbocycles. The van der Waals surface area contributed by atoms with E-state index in [0.29, 0.717) is 6.04 Å². The summed E-state index contributed by atoms with van der Waals surface area (Å²) in [7, 11) is 1.71. The third kappa shape index (κ3) is 4.22. The Morgan fingerprint density at radius 1 is 1.25 bits per heavy atom. The minimum absolute atomic E-state index is 0.663. The van der Waals surface area contributed by atoms with E-state index in [1.54, 1.807) is 7.11 Å². The summed E-state index contributed by atoms with van der Waals surface area (Å²) in [5.74, 6) is 1.69. The molecule has 3 heteroatoms. The van der Waals surface area contributed by atoms with Crippen molar-refractivity contribution in [3.05, 3.63) is 29.8 Å². The van der Waals surface area contributed by atoms with Gasteiger partial charge in [-0.15, -0.1) is 0 Å². The van der Waals surface area contributed by atoms with Gasteiger partial charge in [-0.25, -0.2) is 0 Å². The maximum absolute atomic E-state index is 5.75. The van der Waals surface area contributed by atoms with Crippen LogP contribution < -0.4 is 10.5 Å². The van der Waals surface area contributed by atoms with Crippen molar-refractivity contribution in [1.29, 1.82) is 0 Å². The van der Waals surface area contributed by atoms with E-state index in [4.69, 9.17) is 10.5 Å². The molecule has 1 heterocycles. The summed E-state index contributed by atoms with van der Waals surface area (Å²) >= 11 is 0. The Bertz CT molecular complexity index is 382. The summed E-state index contributed by atoms with van der Waals surface area (Å²) in [6.45, 7) is 5.64. The molecule has 0 bridgehead atoms. The van der Waals surface area contributed by atoms with Crippen LogP contribution in [0.1, 0.15) is 31.7 Å². The first-order valence-electron chi connectivity index (χ1n) is 7.80. The van der Waals surface area contributed by atoms with Crippen molar-refractivity contribution in [1.82, 2.24) is 4.90 Å². The lowest BCUT2D eigenvalue weighted by Crippen LogP contribution is -2.41. The van der Waals surface area contributed by atoms with Gasteiger partial charge in [0.15, 0.2) is 0 Å². The first kappa shape index (κ1) is 15.3. The summed E-state index contributed by atoms with van der Waals surface area (Å²) in [5.41, 5.74) is 7.15. The first-order valence-corrected chi connectivity index (χ1v) is 7.80.